The van der Waals surface area contributed by atoms with Crippen LogP contribution in [-0.2, 0) is 6.54 Å². The number of rotatable bonds is 5. The van der Waals surface area contributed by atoms with Gasteiger partial charge in [-0.2, -0.15) is 0 Å². The molecular formula is C27H26N2O. The molecule has 150 valence electrons. The van der Waals surface area contributed by atoms with E-state index >= 15 is 0 Å². The molecule has 2 aliphatic heterocycles. The SMILES string of the molecule is O=C1c2ccccc2CN1C1CCN(CC=C(c2ccccc2)c2ccccc2)C1. The Hall–Kier alpha value is -3.17. The first-order chi connectivity index (χ1) is 14.8. The molecule has 2 heterocycles. The van der Waals surface area contributed by atoms with Gasteiger partial charge in [-0.3, -0.25) is 9.69 Å². The molecule has 3 nitrogen and oxygen atoms in total. The lowest BCUT2D eigenvalue weighted by Crippen LogP contribution is -2.37. The third-order valence-corrected chi connectivity index (χ3v) is 6.26. The third-order valence-electron chi connectivity index (χ3n) is 6.26. The Bertz CT molecular complexity index is 1020. The molecule has 0 radical (unpaired) electrons. The van der Waals surface area contributed by atoms with E-state index < -0.39 is 0 Å². The average Bonchev–Trinajstić information content (AvgIpc) is 3.40. The van der Waals surface area contributed by atoms with Crippen LogP contribution in [0.1, 0.15) is 33.5 Å². The number of fused-ring (bicyclic) bond motifs is 1. The Balaban J connectivity index is 1.30. The molecule has 1 atom stereocenters. The summed E-state index contributed by atoms with van der Waals surface area (Å²) in [5, 5.41) is 0. The predicted molar refractivity (Wildman–Crippen MR) is 121 cm³/mol. The van der Waals surface area contributed by atoms with Gasteiger partial charge in [0.05, 0.1) is 0 Å². The van der Waals surface area contributed by atoms with Gasteiger partial charge in [-0.05, 0) is 34.8 Å². The summed E-state index contributed by atoms with van der Waals surface area (Å²) in [5.74, 6) is 0.197. The second kappa shape index (κ2) is 8.29. The maximum absolute atomic E-state index is 12.8. The zero-order chi connectivity index (χ0) is 20.3. The van der Waals surface area contributed by atoms with E-state index in [1.165, 1.54) is 16.7 Å². The van der Waals surface area contributed by atoms with Crippen LogP contribution in [0.5, 0.6) is 0 Å². The largest absolute Gasteiger partial charge is 0.330 e. The van der Waals surface area contributed by atoms with Crippen LogP contribution in [0.4, 0.5) is 0 Å². The molecule has 0 spiro atoms. The molecule has 1 fully saturated rings. The van der Waals surface area contributed by atoms with Gasteiger partial charge in [0.1, 0.15) is 0 Å². The zero-order valence-corrected chi connectivity index (χ0v) is 17.1. The second-order valence-corrected chi connectivity index (χ2v) is 8.14. The summed E-state index contributed by atoms with van der Waals surface area (Å²) in [6.07, 6.45) is 3.38. The van der Waals surface area contributed by atoms with Crippen molar-refractivity contribution in [3.05, 3.63) is 113 Å². The fourth-order valence-corrected chi connectivity index (χ4v) is 4.66. The van der Waals surface area contributed by atoms with E-state index in [-0.39, 0.29) is 5.91 Å². The minimum Gasteiger partial charge on any atom is -0.330 e. The highest BCUT2D eigenvalue weighted by Gasteiger charge is 2.35. The highest BCUT2D eigenvalue weighted by Crippen LogP contribution is 2.28. The van der Waals surface area contributed by atoms with E-state index in [4.69, 9.17) is 0 Å². The fraction of sp³-hybridized carbons (Fsp3) is 0.222. The van der Waals surface area contributed by atoms with Gasteiger partial charge in [0.2, 0.25) is 0 Å². The van der Waals surface area contributed by atoms with Crippen molar-refractivity contribution >= 4 is 11.5 Å². The van der Waals surface area contributed by atoms with Gasteiger partial charge in [-0.1, -0.05) is 84.9 Å². The maximum Gasteiger partial charge on any atom is 0.254 e. The monoisotopic (exact) mass is 394 g/mol. The molecule has 3 aromatic rings. The fourth-order valence-electron chi connectivity index (χ4n) is 4.66. The molecule has 1 amide bonds. The van der Waals surface area contributed by atoms with Crippen LogP contribution in [0, 0.1) is 0 Å². The van der Waals surface area contributed by atoms with Crippen LogP contribution < -0.4 is 0 Å². The van der Waals surface area contributed by atoms with E-state index in [1.54, 1.807) is 0 Å². The third kappa shape index (κ3) is 3.69. The number of carbonyl (C=O) groups is 1. The topological polar surface area (TPSA) is 23.6 Å². The number of carbonyl (C=O) groups excluding carboxylic acids is 1. The van der Waals surface area contributed by atoms with Gasteiger partial charge in [0, 0.05) is 37.8 Å². The minimum atomic E-state index is 0.197. The molecule has 3 aromatic carbocycles. The van der Waals surface area contributed by atoms with Crippen LogP contribution in [0.3, 0.4) is 0 Å². The number of hydrogen-bond donors (Lipinski definition) is 0. The highest BCUT2D eigenvalue weighted by atomic mass is 16.2. The summed E-state index contributed by atoms with van der Waals surface area (Å²) in [5.41, 5.74) is 5.79. The predicted octanol–water partition coefficient (Wildman–Crippen LogP) is 4.85. The summed E-state index contributed by atoms with van der Waals surface area (Å²) >= 11 is 0. The normalized spacial score (nSPS) is 18.5. The quantitative estimate of drug-likeness (QED) is 0.618. The van der Waals surface area contributed by atoms with Crippen molar-refractivity contribution in [1.29, 1.82) is 0 Å². The molecule has 30 heavy (non-hydrogen) atoms. The molecule has 1 unspecified atom stereocenters. The number of likely N-dealkylation sites (tertiary alicyclic amines) is 1. The molecule has 3 heteroatoms. The average molecular weight is 395 g/mol. The van der Waals surface area contributed by atoms with Crippen molar-refractivity contribution in [3.8, 4) is 0 Å². The Morgan fingerprint density at radius 3 is 2.17 bits per heavy atom. The van der Waals surface area contributed by atoms with Gasteiger partial charge in [0.25, 0.3) is 5.91 Å². The van der Waals surface area contributed by atoms with Crippen molar-refractivity contribution < 1.29 is 4.79 Å². The Labute approximate surface area is 178 Å². The smallest absolute Gasteiger partial charge is 0.254 e. The first kappa shape index (κ1) is 18.8. The summed E-state index contributed by atoms with van der Waals surface area (Å²) in [6.45, 7) is 3.61. The summed E-state index contributed by atoms with van der Waals surface area (Å²) in [7, 11) is 0. The molecule has 1 saturated heterocycles. The maximum atomic E-state index is 12.8. The number of nitrogens with zero attached hydrogens (tertiary/aromatic N) is 2. The van der Waals surface area contributed by atoms with Crippen molar-refractivity contribution in [3.63, 3.8) is 0 Å². The van der Waals surface area contributed by atoms with Crippen LogP contribution >= 0.6 is 0 Å². The van der Waals surface area contributed by atoms with Crippen LogP contribution in [-0.4, -0.2) is 41.4 Å². The minimum absolute atomic E-state index is 0.197. The van der Waals surface area contributed by atoms with Gasteiger partial charge in [-0.25, -0.2) is 0 Å². The lowest BCUT2D eigenvalue weighted by Gasteiger charge is -2.24. The van der Waals surface area contributed by atoms with E-state index in [9.17, 15) is 4.79 Å². The Kier molecular flexibility index (Phi) is 5.20. The van der Waals surface area contributed by atoms with E-state index in [0.29, 0.717) is 6.04 Å². The summed E-state index contributed by atoms with van der Waals surface area (Å²) in [4.78, 5) is 17.4. The molecule has 0 aliphatic carbocycles. The van der Waals surface area contributed by atoms with Crippen LogP contribution in [0.2, 0.25) is 0 Å². The van der Waals surface area contributed by atoms with Gasteiger partial charge < -0.3 is 4.90 Å². The molecule has 0 N–H and O–H groups in total. The molecule has 0 bridgehead atoms. The van der Waals surface area contributed by atoms with E-state index in [0.717, 1.165) is 43.7 Å². The van der Waals surface area contributed by atoms with Crippen LogP contribution in [0.15, 0.2) is 91.0 Å². The summed E-state index contributed by atoms with van der Waals surface area (Å²) < 4.78 is 0. The lowest BCUT2D eigenvalue weighted by atomic mass is 9.97. The summed E-state index contributed by atoms with van der Waals surface area (Å²) in [6, 6.07) is 29.5. The molecule has 2 aliphatic rings. The Morgan fingerprint density at radius 2 is 1.50 bits per heavy atom. The van der Waals surface area contributed by atoms with Gasteiger partial charge in [0.15, 0.2) is 0 Å². The first-order valence-electron chi connectivity index (χ1n) is 10.7. The molecule has 5 rings (SSSR count). The number of hydrogen-bond acceptors (Lipinski definition) is 2. The lowest BCUT2D eigenvalue weighted by molar-refractivity contribution is 0.0708. The number of amides is 1. The highest BCUT2D eigenvalue weighted by molar-refractivity contribution is 5.98. The van der Waals surface area contributed by atoms with Crippen LogP contribution in [0.25, 0.3) is 5.57 Å². The van der Waals surface area contributed by atoms with Gasteiger partial charge >= 0.3 is 0 Å². The second-order valence-electron chi connectivity index (χ2n) is 8.14. The van der Waals surface area contributed by atoms with Crippen molar-refractivity contribution in [1.82, 2.24) is 9.80 Å². The Morgan fingerprint density at radius 1 is 0.867 bits per heavy atom. The molecule has 0 saturated carbocycles. The van der Waals surface area contributed by atoms with Crippen molar-refractivity contribution in [2.75, 3.05) is 19.6 Å². The van der Waals surface area contributed by atoms with Crippen molar-refractivity contribution in [2.24, 2.45) is 0 Å². The molecule has 0 aromatic heterocycles. The zero-order valence-electron chi connectivity index (χ0n) is 17.1. The van der Waals surface area contributed by atoms with Gasteiger partial charge in [-0.15, -0.1) is 0 Å². The number of benzene rings is 3. The van der Waals surface area contributed by atoms with E-state index in [2.05, 4.69) is 82.6 Å². The molecular weight excluding hydrogens is 368 g/mol. The van der Waals surface area contributed by atoms with Crippen molar-refractivity contribution in [2.45, 2.75) is 19.0 Å². The van der Waals surface area contributed by atoms with E-state index in [1.807, 2.05) is 18.2 Å². The first-order valence-corrected chi connectivity index (χ1v) is 10.7. The standard InChI is InChI=1S/C27H26N2O/c30-27-26-14-8-7-13-23(26)19-29(27)24-15-17-28(20-24)18-16-25(21-9-3-1-4-10-21)22-11-5-2-6-12-22/h1-14,16,24H,15,17-20H2.